The van der Waals surface area contributed by atoms with Gasteiger partial charge in [-0.1, -0.05) is 30.3 Å². The molecule has 1 N–H and O–H groups in total. The molecule has 2 aromatic carbocycles. The van der Waals surface area contributed by atoms with Gasteiger partial charge in [0.15, 0.2) is 0 Å². The van der Waals surface area contributed by atoms with Gasteiger partial charge in [-0.15, -0.1) is 0 Å². The molecule has 3 heteroatoms. The summed E-state index contributed by atoms with van der Waals surface area (Å²) in [5.41, 5.74) is 2.89. The number of pyridine rings is 1. The molecule has 3 nitrogen and oxygen atoms in total. The van der Waals surface area contributed by atoms with Gasteiger partial charge in [0.2, 0.25) is 0 Å². The van der Waals surface area contributed by atoms with E-state index >= 15 is 0 Å². The molecule has 0 spiro atoms. The molecule has 0 saturated heterocycles. The Morgan fingerprint density at radius 2 is 1.90 bits per heavy atom. The van der Waals surface area contributed by atoms with Crippen molar-refractivity contribution in [3.05, 3.63) is 66.2 Å². The largest absolute Gasteiger partial charge is 0.340 e. The number of anilines is 2. The predicted octanol–water partition coefficient (Wildman–Crippen LogP) is 3.72. The first-order valence-corrected chi connectivity index (χ1v) is 6.50. The number of carbonyl (C=O) groups excluding carboxylic acids is 1. The number of aromatic nitrogens is 1. The Hall–Kier alpha value is -2.68. The van der Waals surface area contributed by atoms with Gasteiger partial charge >= 0.3 is 0 Å². The fraction of sp³-hybridized carbons (Fsp3) is 0.0588. The first kappa shape index (κ1) is 12.4. The van der Waals surface area contributed by atoms with Crippen LogP contribution in [0.5, 0.6) is 0 Å². The van der Waals surface area contributed by atoms with Gasteiger partial charge in [-0.05, 0) is 35.9 Å². The third-order valence-electron chi connectivity index (χ3n) is 3.12. The minimum Gasteiger partial charge on any atom is -0.340 e. The maximum Gasteiger partial charge on any atom is 0.131 e. The summed E-state index contributed by atoms with van der Waals surface area (Å²) >= 11 is 0. The van der Waals surface area contributed by atoms with E-state index < -0.39 is 0 Å². The number of aldehydes is 1. The third kappa shape index (κ3) is 2.67. The minimum atomic E-state index is 0.431. The molecule has 0 fully saturated rings. The first-order chi connectivity index (χ1) is 9.85. The van der Waals surface area contributed by atoms with Crippen LogP contribution in [0.1, 0.15) is 5.56 Å². The number of nitrogens with zero attached hydrogens (tertiary/aromatic N) is 1. The van der Waals surface area contributed by atoms with E-state index in [2.05, 4.69) is 10.3 Å². The Labute approximate surface area is 117 Å². The summed E-state index contributed by atoms with van der Waals surface area (Å²) in [6.45, 7) is 0. The SMILES string of the molecule is O=CCc1cccc(Nc2ccc3ccccc3n2)c1. The molecule has 0 bridgehead atoms. The summed E-state index contributed by atoms with van der Waals surface area (Å²) in [5.74, 6) is 0.798. The molecule has 0 saturated carbocycles. The first-order valence-electron chi connectivity index (χ1n) is 6.50. The van der Waals surface area contributed by atoms with Crippen LogP contribution in [0.25, 0.3) is 10.9 Å². The molecule has 3 aromatic rings. The van der Waals surface area contributed by atoms with Crippen molar-refractivity contribution < 1.29 is 4.79 Å². The lowest BCUT2D eigenvalue weighted by Crippen LogP contribution is -1.95. The average molecular weight is 262 g/mol. The van der Waals surface area contributed by atoms with Crippen molar-refractivity contribution in [2.45, 2.75) is 6.42 Å². The van der Waals surface area contributed by atoms with E-state index in [9.17, 15) is 4.79 Å². The van der Waals surface area contributed by atoms with Gasteiger partial charge in [-0.2, -0.15) is 0 Å². The maximum atomic E-state index is 10.6. The number of benzene rings is 2. The summed E-state index contributed by atoms with van der Waals surface area (Å²) in [6, 6.07) is 19.8. The normalized spacial score (nSPS) is 10.4. The number of carbonyl (C=O) groups is 1. The van der Waals surface area contributed by atoms with Crippen LogP contribution in [0.15, 0.2) is 60.7 Å². The molecular formula is C17H14N2O. The highest BCUT2D eigenvalue weighted by Crippen LogP contribution is 2.19. The molecule has 0 aliphatic rings. The number of hydrogen-bond acceptors (Lipinski definition) is 3. The van der Waals surface area contributed by atoms with E-state index in [4.69, 9.17) is 0 Å². The van der Waals surface area contributed by atoms with Crippen molar-refractivity contribution in [1.82, 2.24) is 4.98 Å². The van der Waals surface area contributed by atoms with Crippen LogP contribution in [0, 0.1) is 0 Å². The zero-order valence-electron chi connectivity index (χ0n) is 10.9. The summed E-state index contributed by atoms with van der Waals surface area (Å²) < 4.78 is 0. The second kappa shape index (κ2) is 5.53. The molecule has 3 rings (SSSR count). The fourth-order valence-corrected chi connectivity index (χ4v) is 2.16. The van der Waals surface area contributed by atoms with E-state index in [1.165, 1.54) is 0 Å². The van der Waals surface area contributed by atoms with Gasteiger partial charge in [0.05, 0.1) is 5.52 Å². The van der Waals surface area contributed by atoms with Gasteiger partial charge < -0.3 is 10.1 Å². The number of rotatable bonds is 4. The minimum absolute atomic E-state index is 0.431. The molecule has 20 heavy (non-hydrogen) atoms. The number of fused-ring (bicyclic) bond motifs is 1. The lowest BCUT2D eigenvalue weighted by Gasteiger charge is -2.07. The lowest BCUT2D eigenvalue weighted by molar-refractivity contribution is -0.107. The zero-order valence-corrected chi connectivity index (χ0v) is 10.9. The molecule has 0 unspecified atom stereocenters. The van der Waals surface area contributed by atoms with Crippen LogP contribution in [0.3, 0.4) is 0 Å². The summed E-state index contributed by atoms with van der Waals surface area (Å²) in [5, 5.41) is 4.39. The molecule has 0 aliphatic heterocycles. The monoisotopic (exact) mass is 262 g/mol. The molecule has 0 amide bonds. The highest BCUT2D eigenvalue weighted by atomic mass is 16.1. The smallest absolute Gasteiger partial charge is 0.131 e. The quantitative estimate of drug-likeness (QED) is 0.729. The van der Waals surface area contributed by atoms with Crippen molar-refractivity contribution in [3.8, 4) is 0 Å². The van der Waals surface area contributed by atoms with Crippen LogP contribution in [0.2, 0.25) is 0 Å². The van der Waals surface area contributed by atoms with Gasteiger partial charge in [-0.3, -0.25) is 0 Å². The van der Waals surface area contributed by atoms with E-state index in [-0.39, 0.29) is 0 Å². The maximum absolute atomic E-state index is 10.6. The molecule has 1 heterocycles. The number of para-hydroxylation sites is 1. The summed E-state index contributed by atoms with van der Waals surface area (Å²) in [4.78, 5) is 15.1. The standard InChI is InChI=1S/C17H14N2O/c20-11-10-13-4-3-6-15(12-13)18-17-9-8-14-5-1-2-7-16(14)19-17/h1-9,11-12H,10H2,(H,18,19). The van der Waals surface area contributed by atoms with Crippen molar-refractivity contribution >= 4 is 28.7 Å². The van der Waals surface area contributed by atoms with E-state index in [1.807, 2.05) is 60.7 Å². The van der Waals surface area contributed by atoms with Crippen LogP contribution < -0.4 is 5.32 Å². The van der Waals surface area contributed by atoms with Crippen LogP contribution >= 0.6 is 0 Å². The van der Waals surface area contributed by atoms with Crippen molar-refractivity contribution in [1.29, 1.82) is 0 Å². The van der Waals surface area contributed by atoms with Crippen LogP contribution in [-0.2, 0) is 11.2 Å². The molecule has 98 valence electrons. The van der Waals surface area contributed by atoms with Crippen LogP contribution in [-0.4, -0.2) is 11.3 Å². The lowest BCUT2D eigenvalue weighted by atomic mass is 10.1. The van der Waals surface area contributed by atoms with Crippen molar-refractivity contribution in [2.24, 2.45) is 0 Å². The highest BCUT2D eigenvalue weighted by Gasteiger charge is 2.00. The molecule has 0 radical (unpaired) electrons. The highest BCUT2D eigenvalue weighted by molar-refractivity contribution is 5.80. The molecule has 0 aliphatic carbocycles. The molecular weight excluding hydrogens is 248 g/mol. The Morgan fingerprint density at radius 1 is 1.00 bits per heavy atom. The van der Waals surface area contributed by atoms with E-state index in [0.717, 1.165) is 34.3 Å². The average Bonchev–Trinajstić information content (AvgIpc) is 2.48. The van der Waals surface area contributed by atoms with Gasteiger partial charge in [-0.25, -0.2) is 4.98 Å². The van der Waals surface area contributed by atoms with E-state index in [0.29, 0.717) is 6.42 Å². The Balaban J connectivity index is 1.88. The number of hydrogen-bond donors (Lipinski definition) is 1. The second-order valence-electron chi connectivity index (χ2n) is 4.59. The summed E-state index contributed by atoms with van der Waals surface area (Å²) in [6.07, 6.45) is 1.34. The Kier molecular flexibility index (Phi) is 3.42. The number of nitrogens with one attached hydrogen (secondary N) is 1. The predicted molar refractivity (Wildman–Crippen MR) is 81.2 cm³/mol. The summed E-state index contributed by atoms with van der Waals surface area (Å²) in [7, 11) is 0. The van der Waals surface area contributed by atoms with E-state index in [1.54, 1.807) is 0 Å². The van der Waals surface area contributed by atoms with Crippen LogP contribution in [0.4, 0.5) is 11.5 Å². The third-order valence-corrected chi connectivity index (χ3v) is 3.12. The fourth-order valence-electron chi connectivity index (χ4n) is 2.16. The van der Waals surface area contributed by atoms with Gasteiger partial charge in [0.25, 0.3) is 0 Å². The molecule has 1 aromatic heterocycles. The second-order valence-corrected chi connectivity index (χ2v) is 4.59. The Bertz CT molecular complexity index is 753. The zero-order chi connectivity index (χ0) is 13.8. The topological polar surface area (TPSA) is 42.0 Å². The van der Waals surface area contributed by atoms with Gasteiger partial charge in [0.1, 0.15) is 12.1 Å². The van der Waals surface area contributed by atoms with Crippen molar-refractivity contribution in [2.75, 3.05) is 5.32 Å². The van der Waals surface area contributed by atoms with Crippen molar-refractivity contribution in [3.63, 3.8) is 0 Å². The Morgan fingerprint density at radius 3 is 2.80 bits per heavy atom. The van der Waals surface area contributed by atoms with Gasteiger partial charge in [0, 0.05) is 17.5 Å². The molecule has 0 atom stereocenters.